The van der Waals surface area contributed by atoms with Gasteiger partial charge in [-0.2, -0.15) is 0 Å². The molecule has 0 aliphatic heterocycles. The van der Waals surface area contributed by atoms with Crippen LogP contribution in [0, 0.1) is 11.7 Å². The molecule has 1 fully saturated rings. The fourth-order valence-electron chi connectivity index (χ4n) is 4.72. The minimum Gasteiger partial charge on any atom is -0.504 e. The lowest BCUT2D eigenvalue weighted by Crippen LogP contribution is -2.56. The number of nitrogens with one attached hydrogen (secondary N) is 3. The molecule has 0 aromatic heterocycles. The van der Waals surface area contributed by atoms with Gasteiger partial charge in [0.05, 0.1) is 18.8 Å². The fraction of sp³-hybridized carbons (Fsp3) is 0.500. The van der Waals surface area contributed by atoms with E-state index in [1.807, 2.05) is 13.0 Å². The molecule has 11 heteroatoms. The first-order valence-electron chi connectivity index (χ1n) is 14.0. The van der Waals surface area contributed by atoms with Gasteiger partial charge in [-0.15, -0.1) is 0 Å². The summed E-state index contributed by atoms with van der Waals surface area (Å²) in [5.41, 5.74) is 1.47. The lowest BCUT2D eigenvalue weighted by Gasteiger charge is -2.29. The SMILES string of the molecule is CCOc1c(O)cccc1CCCNC(=O)C(Cc1ccc(F)cc1)NC(=O)C(C)N(C)C(=O)C(NC)C1CC1O. The number of aliphatic hydroxyl groups excluding tert-OH is 1. The maximum atomic E-state index is 13.5. The Labute approximate surface area is 240 Å². The standard InChI is InChI=1S/C30H41FN4O6/c1-5-41-27-20(8-6-10-24(27)36)9-7-15-33-29(39)23(16-19-11-13-21(31)14-12-19)34-28(38)18(2)35(4)30(40)26(32-3)22-17-25(22)37/h6,8,10-14,18,22-23,25-26,32,36-37H,5,7,9,15-17H2,1-4H3,(H,33,39)(H,34,38). The molecule has 0 radical (unpaired) electrons. The normalized spacial score (nSPS) is 18.1. The van der Waals surface area contributed by atoms with Crippen molar-refractivity contribution < 1.29 is 33.7 Å². The molecule has 1 aliphatic rings. The average Bonchev–Trinajstić information content (AvgIpc) is 3.68. The molecule has 2 aromatic carbocycles. The summed E-state index contributed by atoms with van der Waals surface area (Å²) >= 11 is 0. The van der Waals surface area contributed by atoms with Crippen LogP contribution in [0.2, 0.25) is 0 Å². The van der Waals surface area contributed by atoms with Crippen molar-refractivity contribution >= 4 is 17.7 Å². The summed E-state index contributed by atoms with van der Waals surface area (Å²) in [5, 5.41) is 28.4. The number of carbonyl (C=O) groups is 3. The number of carbonyl (C=O) groups excluding carboxylic acids is 3. The number of rotatable bonds is 15. The third kappa shape index (κ3) is 8.64. The third-order valence-corrected chi connectivity index (χ3v) is 7.39. The molecule has 0 bridgehead atoms. The van der Waals surface area contributed by atoms with Gasteiger partial charge in [0.15, 0.2) is 11.5 Å². The third-order valence-electron chi connectivity index (χ3n) is 7.39. The molecule has 5 N–H and O–H groups in total. The molecule has 2 aromatic rings. The number of hydrogen-bond donors (Lipinski definition) is 5. The highest BCUT2D eigenvalue weighted by Crippen LogP contribution is 2.34. The van der Waals surface area contributed by atoms with E-state index in [0.717, 1.165) is 5.56 Å². The lowest BCUT2D eigenvalue weighted by molar-refractivity contribution is -0.141. The number of aromatic hydroxyl groups is 1. The summed E-state index contributed by atoms with van der Waals surface area (Å²) < 4.78 is 19.0. The van der Waals surface area contributed by atoms with E-state index < -0.39 is 41.9 Å². The Morgan fingerprint density at radius 2 is 1.83 bits per heavy atom. The van der Waals surface area contributed by atoms with Crippen LogP contribution >= 0.6 is 0 Å². The Morgan fingerprint density at radius 3 is 2.44 bits per heavy atom. The number of likely N-dealkylation sites (N-methyl/N-ethyl adjacent to an activating group) is 2. The van der Waals surface area contributed by atoms with Gasteiger partial charge in [0, 0.05) is 25.9 Å². The highest BCUT2D eigenvalue weighted by atomic mass is 19.1. The lowest BCUT2D eigenvalue weighted by atomic mass is 10.0. The zero-order valence-electron chi connectivity index (χ0n) is 24.0. The van der Waals surface area contributed by atoms with Crippen molar-refractivity contribution in [1.29, 1.82) is 0 Å². The van der Waals surface area contributed by atoms with Gasteiger partial charge in [-0.3, -0.25) is 14.4 Å². The molecule has 224 valence electrons. The highest BCUT2D eigenvalue weighted by Gasteiger charge is 2.46. The Kier molecular flexibility index (Phi) is 11.5. The van der Waals surface area contributed by atoms with Gasteiger partial charge in [0.1, 0.15) is 17.9 Å². The van der Waals surface area contributed by atoms with E-state index in [0.29, 0.717) is 43.7 Å². The molecule has 10 nitrogen and oxygen atoms in total. The summed E-state index contributed by atoms with van der Waals surface area (Å²) in [5.74, 6) is -1.39. The van der Waals surface area contributed by atoms with Crippen molar-refractivity contribution in [3.05, 3.63) is 59.4 Å². The van der Waals surface area contributed by atoms with E-state index in [4.69, 9.17) is 4.74 Å². The van der Waals surface area contributed by atoms with Crippen LogP contribution in [0.1, 0.15) is 37.8 Å². The van der Waals surface area contributed by atoms with E-state index in [1.165, 1.54) is 24.1 Å². The van der Waals surface area contributed by atoms with Gasteiger partial charge in [-0.25, -0.2) is 4.39 Å². The zero-order chi connectivity index (χ0) is 30.1. The van der Waals surface area contributed by atoms with Crippen LogP contribution in [0.15, 0.2) is 42.5 Å². The van der Waals surface area contributed by atoms with Gasteiger partial charge < -0.3 is 35.8 Å². The second-order valence-corrected chi connectivity index (χ2v) is 10.3. The van der Waals surface area contributed by atoms with Crippen LogP contribution in [-0.2, 0) is 27.2 Å². The zero-order valence-corrected chi connectivity index (χ0v) is 24.0. The molecule has 3 rings (SSSR count). The Morgan fingerprint density at radius 1 is 1.15 bits per heavy atom. The number of amides is 3. The van der Waals surface area contributed by atoms with Gasteiger partial charge in [0.25, 0.3) is 0 Å². The van der Waals surface area contributed by atoms with Crippen LogP contribution in [0.5, 0.6) is 11.5 Å². The number of ether oxygens (including phenoxy) is 1. The highest BCUT2D eigenvalue weighted by molar-refractivity contribution is 5.93. The van der Waals surface area contributed by atoms with Crippen LogP contribution in [0.3, 0.4) is 0 Å². The summed E-state index contributed by atoms with van der Waals surface area (Å²) in [6, 6.07) is 8.35. The first-order chi connectivity index (χ1) is 19.6. The van der Waals surface area contributed by atoms with Crippen molar-refractivity contribution in [2.45, 2.75) is 63.8 Å². The van der Waals surface area contributed by atoms with Gasteiger partial charge in [-0.1, -0.05) is 24.3 Å². The number of phenols is 1. The monoisotopic (exact) mass is 572 g/mol. The summed E-state index contributed by atoms with van der Waals surface area (Å²) in [6.45, 7) is 4.11. The van der Waals surface area contributed by atoms with Crippen molar-refractivity contribution in [2.24, 2.45) is 5.92 Å². The first-order valence-corrected chi connectivity index (χ1v) is 14.0. The topological polar surface area (TPSA) is 140 Å². The van der Waals surface area contributed by atoms with E-state index in [9.17, 15) is 29.0 Å². The second-order valence-electron chi connectivity index (χ2n) is 10.3. The first kappa shape index (κ1) is 31.8. The number of hydrogen-bond acceptors (Lipinski definition) is 7. The number of aliphatic hydroxyl groups is 1. The van der Waals surface area contributed by atoms with Crippen LogP contribution in [0.25, 0.3) is 0 Å². The van der Waals surface area contributed by atoms with Gasteiger partial charge >= 0.3 is 0 Å². The maximum Gasteiger partial charge on any atom is 0.243 e. The molecule has 5 atom stereocenters. The quantitative estimate of drug-likeness (QED) is 0.204. The van der Waals surface area contributed by atoms with Crippen molar-refractivity contribution in [3.63, 3.8) is 0 Å². The van der Waals surface area contributed by atoms with Gasteiger partial charge in [-0.05, 0) is 69.5 Å². The summed E-state index contributed by atoms with van der Waals surface area (Å²) in [7, 11) is 3.14. The second kappa shape index (κ2) is 14.8. The van der Waals surface area contributed by atoms with Crippen LogP contribution in [-0.4, -0.2) is 84.3 Å². The molecule has 0 heterocycles. The van der Waals surface area contributed by atoms with Crippen molar-refractivity contribution in [2.75, 3.05) is 27.2 Å². The molecular weight excluding hydrogens is 531 g/mol. The van der Waals surface area contributed by atoms with E-state index >= 15 is 0 Å². The minimum absolute atomic E-state index is 0.0578. The molecule has 3 amide bonds. The average molecular weight is 573 g/mol. The van der Waals surface area contributed by atoms with Crippen molar-refractivity contribution in [1.82, 2.24) is 20.9 Å². The predicted molar refractivity (Wildman–Crippen MR) is 152 cm³/mol. The Balaban J connectivity index is 1.63. The molecular formula is C30H41FN4O6. The smallest absolute Gasteiger partial charge is 0.243 e. The number of nitrogens with zero attached hydrogens (tertiary/aromatic N) is 1. The van der Waals surface area contributed by atoms with Gasteiger partial charge in [0.2, 0.25) is 17.7 Å². The Bertz CT molecular complexity index is 1190. The molecule has 1 saturated carbocycles. The Hall–Kier alpha value is -3.70. The number of phenolic OH excluding ortho intramolecular Hbond substituents is 1. The molecule has 0 saturated heterocycles. The van der Waals surface area contributed by atoms with E-state index in [-0.39, 0.29) is 24.0 Å². The largest absolute Gasteiger partial charge is 0.504 e. The fourth-order valence-corrected chi connectivity index (χ4v) is 4.72. The predicted octanol–water partition coefficient (Wildman–Crippen LogP) is 1.52. The molecule has 5 unspecified atom stereocenters. The molecule has 1 aliphatic carbocycles. The number of halogens is 1. The molecule has 41 heavy (non-hydrogen) atoms. The number of aryl methyl sites for hydroxylation is 1. The molecule has 0 spiro atoms. The number of benzene rings is 2. The summed E-state index contributed by atoms with van der Waals surface area (Å²) in [6.07, 6.45) is 1.20. The minimum atomic E-state index is -0.968. The van der Waals surface area contributed by atoms with Crippen LogP contribution in [0.4, 0.5) is 4.39 Å². The maximum absolute atomic E-state index is 13.5. The van der Waals surface area contributed by atoms with Crippen molar-refractivity contribution in [3.8, 4) is 11.5 Å². The number of para-hydroxylation sites is 1. The summed E-state index contributed by atoms with van der Waals surface area (Å²) in [4.78, 5) is 40.7. The van der Waals surface area contributed by atoms with Crippen LogP contribution < -0.4 is 20.7 Å². The van der Waals surface area contributed by atoms with E-state index in [2.05, 4.69) is 16.0 Å². The van der Waals surface area contributed by atoms with E-state index in [1.54, 1.807) is 38.2 Å².